The molecule has 1 heterocycles. The summed E-state index contributed by atoms with van der Waals surface area (Å²) in [5, 5.41) is 8.69. The first-order valence-corrected chi connectivity index (χ1v) is 4.03. The highest BCUT2D eigenvalue weighted by Gasteiger charge is 2.16. The van der Waals surface area contributed by atoms with E-state index in [1.165, 1.54) is 24.3 Å². The lowest BCUT2D eigenvalue weighted by Gasteiger charge is -2.15. The number of carboxylic acid groups (broad SMARTS) is 1. The fourth-order valence-corrected chi connectivity index (χ4v) is 1.27. The van der Waals surface area contributed by atoms with Crippen LogP contribution in [-0.2, 0) is 4.79 Å². The number of benzene rings is 1. The topological polar surface area (TPSA) is 46.5 Å². The molecule has 1 aromatic rings. The van der Waals surface area contributed by atoms with Crippen molar-refractivity contribution in [1.82, 2.24) is 0 Å². The van der Waals surface area contributed by atoms with Gasteiger partial charge in [-0.1, -0.05) is 0 Å². The van der Waals surface area contributed by atoms with Crippen LogP contribution in [0.1, 0.15) is 5.56 Å². The number of ether oxygens (including phenoxy) is 1. The summed E-state index contributed by atoms with van der Waals surface area (Å²) < 4.78 is 17.9. The molecule has 1 aromatic carbocycles. The summed E-state index contributed by atoms with van der Waals surface area (Å²) >= 11 is 0. The minimum absolute atomic E-state index is 0.0218. The number of aliphatic carboxylic acids is 1. The number of halogens is 1. The van der Waals surface area contributed by atoms with Gasteiger partial charge >= 0.3 is 5.97 Å². The third kappa shape index (κ3) is 1.46. The van der Waals surface area contributed by atoms with E-state index in [0.29, 0.717) is 11.3 Å². The number of carbonyl (C=O) groups is 1. The van der Waals surface area contributed by atoms with Crippen molar-refractivity contribution in [1.29, 1.82) is 0 Å². The van der Waals surface area contributed by atoms with Crippen molar-refractivity contribution >= 4 is 12.0 Å². The van der Waals surface area contributed by atoms with Gasteiger partial charge in [0.15, 0.2) is 0 Å². The van der Waals surface area contributed by atoms with Crippen LogP contribution in [0.3, 0.4) is 0 Å². The molecule has 0 aliphatic carbocycles. The summed E-state index contributed by atoms with van der Waals surface area (Å²) in [7, 11) is 0. The van der Waals surface area contributed by atoms with Crippen LogP contribution >= 0.6 is 0 Å². The van der Waals surface area contributed by atoms with Gasteiger partial charge in [0.25, 0.3) is 0 Å². The summed E-state index contributed by atoms with van der Waals surface area (Å²) in [6, 6.07) is 4.01. The molecule has 0 atom stereocenters. The average molecular weight is 194 g/mol. The van der Waals surface area contributed by atoms with Gasteiger partial charge in [-0.15, -0.1) is 0 Å². The number of hydrogen-bond donors (Lipinski definition) is 1. The van der Waals surface area contributed by atoms with Gasteiger partial charge in [-0.25, -0.2) is 9.18 Å². The van der Waals surface area contributed by atoms with Gasteiger partial charge in [-0.2, -0.15) is 0 Å². The lowest BCUT2D eigenvalue weighted by atomic mass is 10.1. The monoisotopic (exact) mass is 194 g/mol. The number of fused-ring (bicyclic) bond motifs is 1. The van der Waals surface area contributed by atoms with E-state index in [1.54, 1.807) is 0 Å². The van der Waals surface area contributed by atoms with E-state index in [9.17, 15) is 9.18 Å². The Hall–Kier alpha value is -1.84. The van der Waals surface area contributed by atoms with Crippen molar-refractivity contribution in [3.05, 3.63) is 35.2 Å². The maximum Gasteiger partial charge on any atom is 0.335 e. The van der Waals surface area contributed by atoms with Crippen molar-refractivity contribution < 1.29 is 19.0 Å². The Morgan fingerprint density at radius 3 is 3.00 bits per heavy atom. The summed E-state index contributed by atoms with van der Waals surface area (Å²) in [5.41, 5.74) is 0.594. The molecule has 0 bridgehead atoms. The van der Waals surface area contributed by atoms with E-state index in [-0.39, 0.29) is 12.2 Å². The van der Waals surface area contributed by atoms with Gasteiger partial charge in [0, 0.05) is 5.56 Å². The lowest BCUT2D eigenvalue weighted by molar-refractivity contribution is -0.132. The molecule has 0 aromatic heterocycles. The highest BCUT2D eigenvalue weighted by atomic mass is 19.1. The first-order chi connectivity index (χ1) is 6.66. The zero-order valence-electron chi connectivity index (χ0n) is 7.16. The van der Waals surface area contributed by atoms with Crippen molar-refractivity contribution in [3.8, 4) is 5.75 Å². The first kappa shape index (κ1) is 8.74. The standard InChI is InChI=1S/C10H7FO3/c11-8-1-2-9-6(4-8)3-7(5-14-9)10(12)13/h1-4H,5H2,(H,12,13). The third-order valence-corrected chi connectivity index (χ3v) is 1.96. The van der Waals surface area contributed by atoms with Crippen LogP contribution in [0.15, 0.2) is 23.8 Å². The minimum Gasteiger partial charge on any atom is -0.488 e. The molecule has 1 aliphatic rings. The molecule has 3 nitrogen and oxygen atoms in total. The molecule has 4 heteroatoms. The predicted molar refractivity (Wildman–Crippen MR) is 47.5 cm³/mol. The summed E-state index contributed by atoms with van der Waals surface area (Å²) in [6.07, 6.45) is 1.42. The second kappa shape index (κ2) is 3.14. The fraction of sp³-hybridized carbons (Fsp3) is 0.100. The maximum absolute atomic E-state index is 12.8. The lowest BCUT2D eigenvalue weighted by Crippen LogP contribution is -2.14. The zero-order chi connectivity index (χ0) is 10.1. The number of hydrogen-bond acceptors (Lipinski definition) is 2. The SMILES string of the molecule is O=C(O)C1=Cc2cc(F)ccc2OC1. The van der Waals surface area contributed by atoms with Gasteiger partial charge in [0.05, 0.1) is 5.57 Å². The molecule has 1 aliphatic heterocycles. The third-order valence-electron chi connectivity index (χ3n) is 1.96. The van der Waals surface area contributed by atoms with Crippen molar-refractivity contribution in [2.45, 2.75) is 0 Å². The van der Waals surface area contributed by atoms with E-state index in [1.807, 2.05) is 0 Å². The molecule has 0 radical (unpaired) electrons. The van der Waals surface area contributed by atoms with Crippen molar-refractivity contribution in [3.63, 3.8) is 0 Å². The largest absolute Gasteiger partial charge is 0.488 e. The fourth-order valence-electron chi connectivity index (χ4n) is 1.27. The van der Waals surface area contributed by atoms with Crippen LogP contribution < -0.4 is 4.74 Å². The van der Waals surface area contributed by atoms with Crippen LogP contribution in [0.5, 0.6) is 5.75 Å². The Morgan fingerprint density at radius 2 is 2.29 bits per heavy atom. The smallest absolute Gasteiger partial charge is 0.335 e. The molecular formula is C10H7FO3. The van der Waals surface area contributed by atoms with E-state index >= 15 is 0 Å². The molecule has 1 N–H and O–H groups in total. The van der Waals surface area contributed by atoms with Crippen molar-refractivity contribution in [2.75, 3.05) is 6.61 Å². The van der Waals surface area contributed by atoms with Crippen LogP contribution in [0, 0.1) is 5.82 Å². The molecule has 72 valence electrons. The quantitative estimate of drug-likeness (QED) is 0.739. The highest BCUT2D eigenvalue weighted by molar-refractivity contribution is 5.93. The minimum atomic E-state index is -1.04. The van der Waals surface area contributed by atoms with E-state index < -0.39 is 11.8 Å². The molecule has 14 heavy (non-hydrogen) atoms. The van der Waals surface area contributed by atoms with Gasteiger partial charge in [-0.3, -0.25) is 0 Å². The Balaban J connectivity index is 2.47. The Labute approximate surface area is 79.4 Å². The highest BCUT2D eigenvalue weighted by Crippen LogP contribution is 2.26. The van der Waals surface area contributed by atoms with Crippen LogP contribution in [0.4, 0.5) is 4.39 Å². The van der Waals surface area contributed by atoms with Crippen LogP contribution in [0.25, 0.3) is 6.08 Å². The van der Waals surface area contributed by atoms with Crippen LogP contribution in [0.2, 0.25) is 0 Å². The Bertz CT molecular complexity index is 423. The molecule has 2 rings (SSSR count). The van der Waals surface area contributed by atoms with Crippen molar-refractivity contribution in [2.24, 2.45) is 0 Å². The molecule has 0 unspecified atom stereocenters. The maximum atomic E-state index is 12.8. The summed E-state index contributed by atoms with van der Waals surface area (Å²) in [4.78, 5) is 10.6. The van der Waals surface area contributed by atoms with Gasteiger partial charge in [0.1, 0.15) is 18.2 Å². The first-order valence-electron chi connectivity index (χ1n) is 4.03. The summed E-state index contributed by atoms with van der Waals surface area (Å²) in [6.45, 7) is 0.0218. The Kier molecular flexibility index (Phi) is 1.96. The molecule has 0 amide bonds. The number of rotatable bonds is 1. The average Bonchev–Trinajstić information content (AvgIpc) is 2.16. The molecule has 0 spiro atoms. The zero-order valence-corrected chi connectivity index (χ0v) is 7.16. The number of carboxylic acids is 1. The van der Waals surface area contributed by atoms with Gasteiger partial charge in [-0.05, 0) is 24.3 Å². The summed E-state index contributed by atoms with van der Waals surface area (Å²) in [5.74, 6) is -0.938. The second-order valence-electron chi connectivity index (χ2n) is 2.95. The molecule has 0 fully saturated rings. The predicted octanol–water partition coefficient (Wildman–Crippen LogP) is 1.69. The van der Waals surface area contributed by atoms with Gasteiger partial charge in [0.2, 0.25) is 0 Å². The second-order valence-corrected chi connectivity index (χ2v) is 2.95. The normalized spacial score (nSPS) is 13.9. The Morgan fingerprint density at radius 1 is 1.50 bits per heavy atom. The molecule has 0 saturated heterocycles. The van der Waals surface area contributed by atoms with E-state index in [4.69, 9.17) is 9.84 Å². The van der Waals surface area contributed by atoms with E-state index in [2.05, 4.69) is 0 Å². The van der Waals surface area contributed by atoms with E-state index in [0.717, 1.165) is 0 Å². The van der Waals surface area contributed by atoms with Crippen LogP contribution in [-0.4, -0.2) is 17.7 Å². The molecular weight excluding hydrogens is 187 g/mol. The van der Waals surface area contributed by atoms with Gasteiger partial charge < -0.3 is 9.84 Å². The molecule has 0 saturated carbocycles.